The van der Waals surface area contributed by atoms with Crippen LogP contribution in [0.15, 0.2) is 51.7 Å². The fraction of sp³-hybridized carbons (Fsp3) is 0.188. The quantitative estimate of drug-likeness (QED) is 0.716. The molecule has 0 spiro atoms. The van der Waals surface area contributed by atoms with E-state index in [1.165, 1.54) is 0 Å². The minimum atomic E-state index is 0.0245. The highest BCUT2D eigenvalue weighted by atomic mass is 79.9. The molecule has 1 aliphatic heterocycles. The Hall–Kier alpha value is -2.01. The van der Waals surface area contributed by atoms with E-state index in [2.05, 4.69) is 15.9 Å². The van der Waals surface area contributed by atoms with Gasteiger partial charge in [-0.2, -0.15) is 0 Å². The summed E-state index contributed by atoms with van der Waals surface area (Å²) in [5.41, 5.74) is 2.94. The summed E-state index contributed by atoms with van der Waals surface area (Å²) in [5, 5.41) is 0. The molecular weight excluding hydrogens is 332 g/mol. The highest BCUT2D eigenvalue weighted by molar-refractivity contribution is 9.10. The molecule has 0 atom stereocenters. The van der Waals surface area contributed by atoms with Gasteiger partial charge in [-0.1, -0.05) is 46.3 Å². The topological polar surface area (TPSA) is 36.2 Å². The van der Waals surface area contributed by atoms with Gasteiger partial charge < -0.3 is 4.74 Å². The zero-order valence-corrected chi connectivity index (χ0v) is 12.8. The van der Waals surface area contributed by atoms with Crippen LogP contribution < -0.4 is 10.4 Å². The van der Waals surface area contributed by atoms with Crippen molar-refractivity contribution in [2.75, 3.05) is 6.61 Å². The van der Waals surface area contributed by atoms with Crippen molar-refractivity contribution in [3.8, 4) is 5.75 Å². The van der Waals surface area contributed by atoms with Crippen molar-refractivity contribution < 1.29 is 4.74 Å². The van der Waals surface area contributed by atoms with E-state index in [1.54, 1.807) is 0 Å². The van der Waals surface area contributed by atoms with Gasteiger partial charge in [-0.05, 0) is 17.7 Å². The first-order chi connectivity index (χ1) is 10.2. The third kappa shape index (κ3) is 2.00. The summed E-state index contributed by atoms with van der Waals surface area (Å²) < 4.78 is 10.2. The van der Waals surface area contributed by atoms with Gasteiger partial charge in [0.05, 0.1) is 18.6 Å². The predicted molar refractivity (Wildman–Crippen MR) is 84.9 cm³/mol. The molecule has 2 aromatic carbocycles. The third-order valence-corrected chi connectivity index (χ3v) is 4.26. The lowest BCUT2D eigenvalue weighted by Crippen LogP contribution is -2.28. The van der Waals surface area contributed by atoms with Crippen LogP contribution in [0.25, 0.3) is 11.0 Å². The van der Waals surface area contributed by atoms with Gasteiger partial charge in [-0.3, -0.25) is 9.13 Å². The summed E-state index contributed by atoms with van der Waals surface area (Å²) in [7, 11) is 0. The van der Waals surface area contributed by atoms with Crippen LogP contribution in [0.5, 0.6) is 5.75 Å². The van der Waals surface area contributed by atoms with Gasteiger partial charge in [0.25, 0.3) is 0 Å². The normalized spacial score (nSPS) is 13.4. The van der Waals surface area contributed by atoms with E-state index >= 15 is 0 Å². The second-order valence-corrected chi connectivity index (χ2v) is 6.04. The van der Waals surface area contributed by atoms with Crippen molar-refractivity contribution in [3.63, 3.8) is 0 Å². The molecule has 0 unspecified atom stereocenters. The van der Waals surface area contributed by atoms with E-state index in [1.807, 2.05) is 51.6 Å². The highest BCUT2D eigenvalue weighted by Gasteiger charge is 2.21. The second-order valence-electron chi connectivity index (χ2n) is 5.13. The Morgan fingerprint density at radius 3 is 2.81 bits per heavy atom. The lowest BCUT2D eigenvalue weighted by Gasteiger charge is -2.15. The molecular formula is C16H13BrN2O2. The number of ether oxygens (including phenoxy) is 1. The minimum absolute atomic E-state index is 0.0245. The van der Waals surface area contributed by atoms with E-state index in [9.17, 15) is 4.79 Å². The number of rotatable bonds is 2. The van der Waals surface area contributed by atoms with Crippen molar-refractivity contribution in [2.45, 2.75) is 13.1 Å². The number of halogens is 1. The van der Waals surface area contributed by atoms with Crippen molar-refractivity contribution in [3.05, 3.63) is 63.0 Å². The smallest absolute Gasteiger partial charge is 0.329 e. The maximum Gasteiger partial charge on any atom is 0.329 e. The summed E-state index contributed by atoms with van der Waals surface area (Å²) in [4.78, 5) is 12.7. The van der Waals surface area contributed by atoms with Gasteiger partial charge in [-0.15, -0.1) is 0 Å². The Morgan fingerprint density at radius 1 is 1.19 bits per heavy atom. The SMILES string of the molecule is O=c1n(Cc2ccccc2)c2cc(Br)cc3c2n1CCO3. The van der Waals surface area contributed by atoms with E-state index in [0.717, 1.165) is 26.8 Å². The first kappa shape index (κ1) is 12.7. The number of hydrogen-bond donors (Lipinski definition) is 0. The summed E-state index contributed by atoms with van der Waals surface area (Å²) in [6.07, 6.45) is 0. The zero-order valence-electron chi connectivity index (χ0n) is 11.3. The summed E-state index contributed by atoms with van der Waals surface area (Å²) in [6.45, 7) is 1.71. The Labute approximate surface area is 129 Å². The molecule has 1 aromatic heterocycles. The van der Waals surface area contributed by atoms with Crippen LogP contribution in [-0.4, -0.2) is 15.7 Å². The van der Waals surface area contributed by atoms with Crippen molar-refractivity contribution in [2.24, 2.45) is 0 Å². The molecule has 0 fully saturated rings. The van der Waals surface area contributed by atoms with Gasteiger partial charge in [0.15, 0.2) is 0 Å². The van der Waals surface area contributed by atoms with Crippen LogP contribution in [0.3, 0.4) is 0 Å². The Kier molecular flexibility index (Phi) is 2.89. The number of hydrogen-bond acceptors (Lipinski definition) is 2. The van der Waals surface area contributed by atoms with Crippen LogP contribution in [-0.2, 0) is 13.1 Å². The molecule has 4 rings (SSSR count). The summed E-state index contributed by atoms with van der Waals surface area (Å²) >= 11 is 3.50. The van der Waals surface area contributed by atoms with Crippen LogP contribution in [0.4, 0.5) is 0 Å². The Balaban J connectivity index is 1.98. The minimum Gasteiger partial charge on any atom is -0.489 e. The fourth-order valence-electron chi connectivity index (χ4n) is 2.87. The molecule has 2 heterocycles. The number of aromatic nitrogens is 2. The van der Waals surface area contributed by atoms with E-state index in [4.69, 9.17) is 4.74 Å². The van der Waals surface area contributed by atoms with Crippen LogP contribution >= 0.6 is 15.9 Å². The molecule has 0 N–H and O–H groups in total. The molecule has 0 saturated carbocycles. The number of nitrogens with zero attached hydrogens (tertiary/aromatic N) is 2. The molecule has 0 aliphatic carbocycles. The number of imidazole rings is 1. The molecule has 106 valence electrons. The first-order valence-corrected chi connectivity index (χ1v) is 7.62. The first-order valence-electron chi connectivity index (χ1n) is 6.83. The van der Waals surface area contributed by atoms with E-state index in [-0.39, 0.29) is 5.69 Å². The lowest BCUT2D eigenvalue weighted by atomic mass is 10.2. The van der Waals surface area contributed by atoms with Gasteiger partial charge in [-0.25, -0.2) is 4.79 Å². The van der Waals surface area contributed by atoms with Gasteiger partial charge in [0.2, 0.25) is 0 Å². The summed E-state index contributed by atoms with van der Waals surface area (Å²) in [6, 6.07) is 13.9. The lowest BCUT2D eigenvalue weighted by molar-refractivity contribution is 0.284. The molecule has 5 heteroatoms. The average Bonchev–Trinajstić information content (AvgIpc) is 2.76. The van der Waals surface area contributed by atoms with Gasteiger partial charge in [0, 0.05) is 4.47 Å². The monoisotopic (exact) mass is 344 g/mol. The van der Waals surface area contributed by atoms with Crippen molar-refractivity contribution >= 4 is 27.0 Å². The predicted octanol–water partition coefficient (Wildman–Crippen LogP) is 3.01. The maximum absolute atomic E-state index is 12.7. The second kappa shape index (κ2) is 4.77. The third-order valence-electron chi connectivity index (χ3n) is 3.80. The molecule has 4 nitrogen and oxygen atoms in total. The van der Waals surface area contributed by atoms with Crippen molar-refractivity contribution in [1.29, 1.82) is 0 Å². The standard InChI is InChI=1S/C16H13BrN2O2/c17-12-8-13-15-14(9-12)21-7-6-18(15)16(20)19(13)10-11-4-2-1-3-5-11/h1-5,8-9H,6-7,10H2. The molecule has 0 saturated heterocycles. The Bertz CT molecular complexity index is 881. The molecule has 21 heavy (non-hydrogen) atoms. The van der Waals surface area contributed by atoms with Crippen LogP contribution in [0.2, 0.25) is 0 Å². The molecule has 0 bridgehead atoms. The highest BCUT2D eigenvalue weighted by Crippen LogP contribution is 2.32. The molecule has 0 radical (unpaired) electrons. The Morgan fingerprint density at radius 2 is 2.00 bits per heavy atom. The fourth-order valence-corrected chi connectivity index (χ4v) is 3.29. The van der Waals surface area contributed by atoms with Crippen LogP contribution in [0.1, 0.15) is 5.56 Å². The van der Waals surface area contributed by atoms with E-state index < -0.39 is 0 Å². The molecule has 1 aliphatic rings. The molecule has 0 amide bonds. The average molecular weight is 345 g/mol. The van der Waals surface area contributed by atoms with Crippen LogP contribution in [0, 0.1) is 0 Å². The largest absolute Gasteiger partial charge is 0.489 e. The zero-order chi connectivity index (χ0) is 14.4. The molecule has 3 aromatic rings. The summed E-state index contributed by atoms with van der Waals surface area (Å²) in [5.74, 6) is 0.773. The van der Waals surface area contributed by atoms with Crippen molar-refractivity contribution in [1.82, 2.24) is 9.13 Å². The maximum atomic E-state index is 12.7. The van der Waals surface area contributed by atoms with Gasteiger partial charge >= 0.3 is 5.69 Å². The van der Waals surface area contributed by atoms with Gasteiger partial charge in [0.1, 0.15) is 17.9 Å². The number of benzene rings is 2. The van der Waals surface area contributed by atoms with E-state index in [0.29, 0.717) is 19.7 Å².